The van der Waals surface area contributed by atoms with E-state index in [0.29, 0.717) is 6.42 Å². The van der Waals surface area contributed by atoms with Gasteiger partial charge in [0, 0.05) is 18.7 Å². The van der Waals surface area contributed by atoms with Crippen LogP contribution < -0.4 is 5.73 Å². The van der Waals surface area contributed by atoms with E-state index >= 15 is 0 Å². The smallest absolute Gasteiger partial charge is 0.0951 e. The summed E-state index contributed by atoms with van der Waals surface area (Å²) in [4.78, 5) is 4.20. The lowest BCUT2D eigenvalue weighted by molar-refractivity contribution is 0.514. The number of terminal acetylenes is 1. The van der Waals surface area contributed by atoms with E-state index in [1.807, 2.05) is 30.7 Å². The summed E-state index contributed by atoms with van der Waals surface area (Å²) >= 11 is 0. The van der Waals surface area contributed by atoms with Crippen LogP contribution in [0.3, 0.4) is 0 Å². The molecular formula is C16H19N3. The maximum Gasteiger partial charge on any atom is 0.0951 e. The molecule has 0 aliphatic carbocycles. The summed E-state index contributed by atoms with van der Waals surface area (Å²) in [6.07, 6.45) is 10.5. The van der Waals surface area contributed by atoms with Crippen LogP contribution in [0.2, 0.25) is 0 Å². The summed E-state index contributed by atoms with van der Waals surface area (Å²) in [7, 11) is 0. The van der Waals surface area contributed by atoms with Crippen LogP contribution in [-0.2, 0) is 6.42 Å². The van der Waals surface area contributed by atoms with Crippen molar-refractivity contribution in [2.75, 3.05) is 0 Å². The fourth-order valence-corrected chi connectivity index (χ4v) is 2.21. The van der Waals surface area contributed by atoms with Gasteiger partial charge < -0.3 is 10.3 Å². The minimum absolute atomic E-state index is 0.0647. The second-order valence-electron chi connectivity index (χ2n) is 4.78. The molecule has 0 amide bonds. The summed E-state index contributed by atoms with van der Waals surface area (Å²) in [5, 5.41) is 0. The monoisotopic (exact) mass is 253 g/mol. The second kappa shape index (κ2) is 6.21. The van der Waals surface area contributed by atoms with Gasteiger partial charge >= 0.3 is 0 Å². The highest BCUT2D eigenvalue weighted by atomic mass is 15.1. The lowest BCUT2D eigenvalue weighted by atomic mass is 10.0. The number of rotatable bonds is 5. The van der Waals surface area contributed by atoms with E-state index in [9.17, 15) is 0 Å². The molecular weight excluding hydrogens is 234 g/mol. The molecule has 2 N–H and O–H groups in total. The predicted octanol–water partition coefficient (Wildman–Crippen LogP) is 2.71. The van der Waals surface area contributed by atoms with E-state index in [-0.39, 0.29) is 12.1 Å². The van der Waals surface area contributed by atoms with Crippen molar-refractivity contribution in [3.8, 4) is 12.3 Å². The van der Waals surface area contributed by atoms with E-state index in [1.54, 1.807) is 0 Å². The quantitative estimate of drug-likeness (QED) is 0.833. The first-order valence-electron chi connectivity index (χ1n) is 6.47. The third-order valence-corrected chi connectivity index (χ3v) is 3.26. The van der Waals surface area contributed by atoms with E-state index in [0.717, 1.165) is 12.1 Å². The van der Waals surface area contributed by atoms with Gasteiger partial charge in [-0.05, 0) is 18.9 Å². The molecule has 3 nitrogen and oxygen atoms in total. The summed E-state index contributed by atoms with van der Waals surface area (Å²) in [6, 6.07) is 10.4. The largest absolute Gasteiger partial charge is 0.329 e. The number of hydrogen-bond donors (Lipinski definition) is 1. The fraction of sp³-hybridized carbons (Fsp3) is 0.312. The van der Waals surface area contributed by atoms with Crippen molar-refractivity contribution in [2.45, 2.75) is 31.8 Å². The fourth-order valence-electron chi connectivity index (χ4n) is 2.21. The van der Waals surface area contributed by atoms with Gasteiger partial charge in [-0.25, -0.2) is 4.98 Å². The van der Waals surface area contributed by atoms with Crippen molar-refractivity contribution in [3.05, 3.63) is 54.1 Å². The average molecular weight is 253 g/mol. The third kappa shape index (κ3) is 3.24. The molecule has 0 fully saturated rings. The zero-order valence-electron chi connectivity index (χ0n) is 11.2. The highest BCUT2D eigenvalue weighted by molar-refractivity contribution is 5.19. The van der Waals surface area contributed by atoms with Gasteiger partial charge in [-0.1, -0.05) is 30.3 Å². The standard InChI is InChI=1S/C16H19N3/c1-3-7-13(2)19-12-18-11-16(19)15(17)10-14-8-5-4-6-9-14/h1,4-6,8-9,11-13,15H,7,10,17H2,2H3/t13?,15-/m1/s1. The van der Waals surface area contributed by atoms with Gasteiger partial charge in [-0.3, -0.25) is 0 Å². The Morgan fingerprint density at radius 3 is 2.79 bits per heavy atom. The van der Waals surface area contributed by atoms with Crippen LogP contribution in [0, 0.1) is 12.3 Å². The first-order chi connectivity index (χ1) is 9.22. The Hall–Kier alpha value is -2.05. The lowest BCUT2D eigenvalue weighted by Crippen LogP contribution is -2.19. The van der Waals surface area contributed by atoms with Gasteiger partial charge in [0.05, 0.1) is 18.1 Å². The third-order valence-electron chi connectivity index (χ3n) is 3.26. The van der Waals surface area contributed by atoms with Crippen molar-refractivity contribution in [3.63, 3.8) is 0 Å². The molecule has 0 spiro atoms. The number of nitrogens with zero attached hydrogens (tertiary/aromatic N) is 2. The normalized spacial score (nSPS) is 13.7. The molecule has 1 aromatic carbocycles. The van der Waals surface area contributed by atoms with Crippen LogP contribution in [0.5, 0.6) is 0 Å². The minimum atomic E-state index is -0.0647. The van der Waals surface area contributed by atoms with Crippen molar-refractivity contribution in [2.24, 2.45) is 5.73 Å². The molecule has 19 heavy (non-hydrogen) atoms. The second-order valence-corrected chi connectivity index (χ2v) is 4.78. The molecule has 98 valence electrons. The van der Waals surface area contributed by atoms with Crippen molar-refractivity contribution < 1.29 is 0 Å². The molecule has 2 aromatic rings. The SMILES string of the molecule is C#CCC(C)n1cncc1[C@H](N)Cc1ccccc1. The van der Waals surface area contributed by atoms with Gasteiger partial charge in [-0.2, -0.15) is 0 Å². The van der Waals surface area contributed by atoms with Crippen molar-refractivity contribution in [1.29, 1.82) is 0 Å². The summed E-state index contributed by atoms with van der Waals surface area (Å²) < 4.78 is 2.08. The molecule has 1 unspecified atom stereocenters. The molecule has 0 aliphatic rings. The van der Waals surface area contributed by atoms with Gasteiger partial charge in [0.1, 0.15) is 0 Å². The van der Waals surface area contributed by atoms with Crippen molar-refractivity contribution >= 4 is 0 Å². The van der Waals surface area contributed by atoms with Crippen LogP contribution in [0.4, 0.5) is 0 Å². The van der Waals surface area contributed by atoms with E-state index in [1.165, 1.54) is 5.56 Å². The zero-order chi connectivity index (χ0) is 13.7. The Bertz CT molecular complexity index is 551. The van der Waals surface area contributed by atoms with Crippen LogP contribution in [0.1, 0.15) is 36.7 Å². The summed E-state index contributed by atoms with van der Waals surface area (Å²) in [5.74, 6) is 2.68. The maximum atomic E-state index is 6.29. The lowest BCUT2D eigenvalue weighted by Gasteiger charge is -2.18. The molecule has 2 atom stereocenters. The molecule has 2 rings (SSSR count). The van der Waals surface area contributed by atoms with E-state index in [2.05, 4.69) is 34.5 Å². The van der Waals surface area contributed by atoms with Crippen molar-refractivity contribution in [1.82, 2.24) is 9.55 Å². The van der Waals surface area contributed by atoms with Crippen LogP contribution in [0.15, 0.2) is 42.9 Å². The van der Waals surface area contributed by atoms with Crippen LogP contribution in [0.25, 0.3) is 0 Å². The molecule has 3 heteroatoms. The first kappa shape index (κ1) is 13.4. The van der Waals surface area contributed by atoms with Gasteiger partial charge in [0.15, 0.2) is 0 Å². The topological polar surface area (TPSA) is 43.8 Å². The van der Waals surface area contributed by atoms with E-state index < -0.39 is 0 Å². The summed E-state index contributed by atoms with van der Waals surface area (Å²) in [6.45, 7) is 2.08. The molecule has 0 radical (unpaired) electrons. The predicted molar refractivity (Wildman–Crippen MR) is 77.5 cm³/mol. The molecule has 0 aliphatic heterocycles. The summed E-state index contributed by atoms with van der Waals surface area (Å²) in [5.41, 5.74) is 8.56. The highest BCUT2D eigenvalue weighted by Crippen LogP contribution is 2.20. The number of nitrogens with two attached hydrogens (primary N) is 1. The zero-order valence-corrected chi connectivity index (χ0v) is 11.2. The minimum Gasteiger partial charge on any atom is -0.329 e. The van der Waals surface area contributed by atoms with Crippen LogP contribution >= 0.6 is 0 Å². The van der Waals surface area contributed by atoms with Gasteiger partial charge in [0.25, 0.3) is 0 Å². The van der Waals surface area contributed by atoms with E-state index in [4.69, 9.17) is 12.2 Å². The average Bonchev–Trinajstić information content (AvgIpc) is 2.89. The molecule has 0 saturated heterocycles. The number of hydrogen-bond acceptors (Lipinski definition) is 2. The number of aromatic nitrogens is 2. The molecule has 0 saturated carbocycles. The Balaban J connectivity index is 2.14. The molecule has 0 bridgehead atoms. The Kier molecular flexibility index (Phi) is 4.38. The number of benzene rings is 1. The maximum absolute atomic E-state index is 6.29. The first-order valence-corrected chi connectivity index (χ1v) is 6.47. The molecule has 1 heterocycles. The Morgan fingerprint density at radius 1 is 1.37 bits per heavy atom. The van der Waals surface area contributed by atoms with Gasteiger partial charge in [-0.15, -0.1) is 12.3 Å². The Morgan fingerprint density at radius 2 is 2.11 bits per heavy atom. The van der Waals surface area contributed by atoms with Gasteiger partial charge in [0.2, 0.25) is 0 Å². The number of imidazole rings is 1. The molecule has 1 aromatic heterocycles. The van der Waals surface area contributed by atoms with Crippen LogP contribution in [-0.4, -0.2) is 9.55 Å². The Labute approximate surface area is 114 Å². The highest BCUT2D eigenvalue weighted by Gasteiger charge is 2.15.